The zero-order chi connectivity index (χ0) is 8.72. The topological polar surface area (TPSA) is 34.9 Å². The molecule has 1 aliphatic carbocycles. The van der Waals surface area contributed by atoms with Crippen LogP contribution in [0, 0.1) is 0 Å². The van der Waals surface area contributed by atoms with Crippen LogP contribution in [0.3, 0.4) is 0 Å². The number of thiol groups is 1. The van der Waals surface area contributed by atoms with Gasteiger partial charge in [0.05, 0.1) is 5.69 Å². The van der Waals surface area contributed by atoms with Crippen molar-refractivity contribution in [1.82, 2.24) is 9.55 Å². The van der Waals surface area contributed by atoms with Gasteiger partial charge in [-0.05, 0) is 19.3 Å². The van der Waals surface area contributed by atoms with Crippen molar-refractivity contribution in [1.29, 1.82) is 0 Å². The molecule has 0 amide bonds. The SMILES string of the molecule is Cn1c(S)nc2c(c1=O)CCC2. The lowest BCUT2D eigenvalue weighted by molar-refractivity contribution is 0.692. The Balaban J connectivity index is 2.76. The van der Waals surface area contributed by atoms with Gasteiger partial charge in [0.15, 0.2) is 5.16 Å². The molecule has 3 nitrogen and oxygen atoms in total. The summed E-state index contributed by atoms with van der Waals surface area (Å²) in [5, 5.41) is 0.514. The Bertz CT molecular complexity index is 383. The predicted octanol–water partition coefficient (Wildman–Crippen LogP) is 0.558. The Morgan fingerprint density at radius 2 is 2.25 bits per heavy atom. The van der Waals surface area contributed by atoms with Crippen molar-refractivity contribution >= 4 is 12.6 Å². The highest BCUT2D eigenvalue weighted by atomic mass is 32.1. The number of aryl methyl sites for hydroxylation is 1. The van der Waals surface area contributed by atoms with Crippen LogP contribution >= 0.6 is 12.6 Å². The molecule has 1 aromatic heterocycles. The minimum Gasteiger partial charge on any atom is -0.291 e. The third-order valence-electron chi connectivity index (χ3n) is 2.29. The van der Waals surface area contributed by atoms with Crippen LogP contribution in [0.1, 0.15) is 17.7 Å². The van der Waals surface area contributed by atoms with Crippen LogP contribution < -0.4 is 5.56 Å². The second-order valence-corrected chi connectivity index (χ2v) is 3.45. The number of hydrogen-bond donors (Lipinski definition) is 1. The molecular formula is C8H10N2OS. The van der Waals surface area contributed by atoms with Gasteiger partial charge in [0, 0.05) is 12.6 Å². The van der Waals surface area contributed by atoms with Gasteiger partial charge in [0.25, 0.3) is 5.56 Å². The van der Waals surface area contributed by atoms with Crippen molar-refractivity contribution in [3.8, 4) is 0 Å². The highest BCUT2D eigenvalue weighted by Gasteiger charge is 2.17. The maximum Gasteiger partial charge on any atom is 0.257 e. The first-order chi connectivity index (χ1) is 5.70. The first-order valence-corrected chi connectivity index (χ1v) is 4.42. The molecule has 12 heavy (non-hydrogen) atoms. The number of rotatable bonds is 0. The third kappa shape index (κ3) is 0.982. The maximum absolute atomic E-state index is 11.6. The van der Waals surface area contributed by atoms with Gasteiger partial charge >= 0.3 is 0 Å². The molecule has 0 atom stereocenters. The summed E-state index contributed by atoms with van der Waals surface area (Å²) in [5.74, 6) is 0. The van der Waals surface area contributed by atoms with Crippen LogP contribution in [-0.2, 0) is 19.9 Å². The minimum atomic E-state index is 0.0718. The number of hydrogen-bond acceptors (Lipinski definition) is 3. The average Bonchev–Trinajstić information content (AvgIpc) is 2.48. The Hall–Kier alpha value is -0.770. The minimum absolute atomic E-state index is 0.0718. The van der Waals surface area contributed by atoms with Crippen LogP contribution in [-0.4, -0.2) is 9.55 Å². The van der Waals surface area contributed by atoms with Gasteiger partial charge in [0.2, 0.25) is 0 Å². The molecule has 1 aromatic rings. The summed E-state index contributed by atoms with van der Waals surface area (Å²) in [6.45, 7) is 0. The number of nitrogens with zero attached hydrogens (tertiary/aromatic N) is 2. The molecule has 0 saturated heterocycles. The molecule has 0 aromatic carbocycles. The van der Waals surface area contributed by atoms with E-state index in [0.29, 0.717) is 5.16 Å². The summed E-state index contributed by atoms with van der Waals surface area (Å²) < 4.78 is 1.49. The Labute approximate surface area is 75.9 Å². The molecule has 2 rings (SSSR count). The molecule has 0 spiro atoms. The van der Waals surface area contributed by atoms with E-state index in [1.807, 2.05) is 0 Å². The van der Waals surface area contributed by atoms with Crippen LogP contribution in [0.4, 0.5) is 0 Å². The van der Waals surface area contributed by atoms with E-state index in [9.17, 15) is 4.79 Å². The van der Waals surface area contributed by atoms with Crippen LogP contribution in [0.15, 0.2) is 9.95 Å². The van der Waals surface area contributed by atoms with Gasteiger partial charge in [-0.25, -0.2) is 4.98 Å². The van der Waals surface area contributed by atoms with Gasteiger partial charge < -0.3 is 0 Å². The molecule has 1 heterocycles. The van der Waals surface area contributed by atoms with Crippen molar-refractivity contribution in [2.75, 3.05) is 0 Å². The Morgan fingerprint density at radius 1 is 1.50 bits per heavy atom. The molecule has 4 heteroatoms. The van der Waals surface area contributed by atoms with Crippen LogP contribution in [0.2, 0.25) is 0 Å². The summed E-state index contributed by atoms with van der Waals surface area (Å²) in [6.07, 6.45) is 2.86. The van der Waals surface area contributed by atoms with E-state index < -0.39 is 0 Å². The number of fused-ring (bicyclic) bond motifs is 1. The van der Waals surface area contributed by atoms with Gasteiger partial charge in [-0.3, -0.25) is 9.36 Å². The summed E-state index contributed by atoms with van der Waals surface area (Å²) in [5.41, 5.74) is 1.90. The maximum atomic E-state index is 11.6. The molecule has 0 radical (unpaired) electrons. The lowest BCUT2D eigenvalue weighted by Crippen LogP contribution is -2.23. The molecule has 0 bridgehead atoms. The molecule has 1 aliphatic rings. The highest BCUT2D eigenvalue weighted by Crippen LogP contribution is 2.16. The second kappa shape index (κ2) is 2.62. The molecule has 0 fully saturated rings. The first-order valence-electron chi connectivity index (χ1n) is 3.98. The van der Waals surface area contributed by atoms with Gasteiger partial charge in [-0.1, -0.05) is 0 Å². The van der Waals surface area contributed by atoms with E-state index in [4.69, 9.17) is 0 Å². The normalized spacial score (nSPS) is 14.8. The molecule has 0 aliphatic heterocycles. The molecule has 64 valence electrons. The second-order valence-electron chi connectivity index (χ2n) is 3.05. The van der Waals surface area contributed by atoms with E-state index in [2.05, 4.69) is 17.6 Å². The molecule has 0 unspecified atom stereocenters. The highest BCUT2D eigenvalue weighted by molar-refractivity contribution is 7.80. The Morgan fingerprint density at radius 3 is 3.00 bits per heavy atom. The van der Waals surface area contributed by atoms with Crippen molar-refractivity contribution in [2.45, 2.75) is 24.4 Å². The lowest BCUT2D eigenvalue weighted by atomic mass is 10.3. The first kappa shape index (κ1) is 7.86. The monoisotopic (exact) mass is 182 g/mol. The fourth-order valence-electron chi connectivity index (χ4n) is 1.57. The van der Waals surface area contributed by atoms with E-state index >= 15 is 0 Å². The van der Waals surface area contributed by atoms with Gasteiger partial charge in [-0.2, -0.15) is 0 Å². The van der Waals surface area contributed by atoms with E-state index in [1.165, 1.54) is 4.57 Å². The fraction of sp³-hybridized carbons (Fsp3) is 0.500. The summed E-state index contributed by atoms with van der Waals surface area (Å²) >= 11 is 4.12. The predicted molar refractivity (Wildman–Crippen MR) is 48.8 cm³/mol. The van der Waals surface area contributed by atoms with E-state index in [-0.39, 0.29) is 5.56 Å². The molecular weight excluding hydrogens is 172 g/mol. The van der Waals surface area contributed by atoms with Crippen molar-refractivity contribution < 1.29 is 0 Å². The zero-order valence-electron chi connectivity index (χ0n) is 6.87. The molecule has 0 N–H and O–H groups in total. The largest absolute Gasteiger partial charge is 0.291 e. The van der Waals surface area contributed by atoms with Gasteiger partial charge in [-0.15, -0.1) is 12.6 Å². The zero-order valence-corrected chi connectivity index (χ0v) is 7.77. The van der Waals surface area contributed by atoms with Crippen LogP contribution in [0.25, 0.3) is 0 Å². The third-order valence-corrected chi connectivity index (χ3v) is 2.69. The summed E-state index contributed by atoms with van der Waals surface area (Å²) in [6, 6.07) is 0. The van der Waals surface area contributed by atoms with Gasteiger partial charge in [0.1, 0.15) is 0 Å². The van der Waals surface area contributed by atoms with E-state index in [0.717, 1.165) is 30.5 Å². The molecule has 0 saturated carbocycles. The number of aromatic nitrogens is 2. The van der Waals surface area contributed by atoms with Crippen molar-refractivity contribution in [3.05, 3.63) is 21.6 Å². The average molecular weight is 182 g/mol. The Kier molecular flexibility index (Phi) is 1.72. The van der Waals surface area contributed by atoms with Crippen LogP contribution in [0.5, 0.6) is 0 Å². The van der Waals surface area contributed by atoms with Crippen molar-refractivity contribution in [2.24, 2.45) is 7.05 Å². The standard InChI is InChI=1S/C8H10N2OS/c1-10-7(11)5-3-2-4-6(5)9-8(10)12/h2-4H2,1H3,(H,9,12). The van der Waals surface area contributed by atoms with Crippen molar-refractivity contribution in [3.63, 3.8) is 0 Å². The summed E-state index contributed by atoms with van der Waals surface area (Å²) in [7, 11) is 1.70. The lowest BCUT2D eigenvalue weighted by Gasteiger charge is -2.04. The quantitative estimate of drug-likeness (QED) is 0.470. The summed E-state index contributed by atoms with van der Waals surface area (Å²) in [4.78, 5) is 15.8. The fourth-order valence-corrected chi connectivity index (χ4v) is 1.78. The smallest absolute Gasteiger partial charge is 0.257 e. The van der Waals surface area contributed by atoms with E-state index in [1.54, 1.807) is 7.05 Å².